The molecule has 0 bridgehead atoms. The molecule has 0 aliphatic heterocycles. The first kappa shape index (κ1) is 17.6. The maximum Gasteiger partial charge on any atom is 0.0609 e. The maximum atomic E-state index is 6.12. The molecule has 2 aromatic carbocycles. The van der Waals surface area contributed by atoms with Crippen LogP contribution in [-0.2, 0) is 6.54 Å². The van der Waals surface area contributed by atoms with Gasteiger partial charge < -0.3 is 10.3 Å². The summed E-state index contributed by atoms with van der Waals surface area (Å²) in [5.74, 6) is 0. The molecule has 2 aromatic rings. The molecule has 0 saturated heterocycles. The highest BCUT2D eigenvalue weighted by atomic mass is 35.5. The lowest BCUT2D eigenvalue weighted by atomic mass is 10.2. The second-order valence-electron chi connectivity index (χ2n) is 5.06. The second kappa shape index (κ2) is 8.80. The maximum absolute atomic E-state index is 6.12. The summed E-state index contributed by atoms with van der Waals surface area (Å²) in [6, 6.07) is 13.8. The second-order valence-corrected chi connectivity index (χ2v) is 5.87. The SMILES string of the molecule is CCN(CC)c1ccc(/C=N/NCc2c(Cl)cccc2Cl)cc1. The highest BCUT2D eigenvalue weighted by molar-refractivity contribution is 6.35. The van der Waals surface area contributed by atoms with Gasteiger partial charge in [0, 0.05) is 34.4 Å². The minimum absolute atomic E-state index is 0.493. The van der Waals surface area contributed by atoms with E-state index in [0.29, 0.717) is 16.6 Å². The van der Waals surface area contributed by atoms with Crippen molar-refractivity contribution in [3.8, 4) is 0 Å². The Morgan fingerprint density at radius 1 is 1.00 bits per heavy atom. The molecular weight excluding hydrogens is 329 g/mol. The van der Waals surface area contributed by atoms with E-state index in [4.69, 9.17) is 23.2 Å². The molecule has 23 heavy (non-hydrogen) atoms. The summed E-state index contributed by atoms with van der Waals surface area (Å²) in [5, 5.41) is 5.51. The molecule has 3 nitrogen and oxygen atoms in total. The van der Waals surface area contributed by atoms with Crippen LogP contribution < -0.4 is 10.3 Å². The molecule has 2 rings (SSSR count). The number of hydrogen-bond donors (Lipinski definition) is 1. The Morgan fingerprint density at radius 3 is 2.17 bits per heavy atom. The van der Waals surface area contributed by atoms with Crippen LogP contribution in [0.25, 0.3) is 0 Å². The van der Waals surface area contributed by atoms with Crippen molar-refractivity contribution >= 4 is 35.1 Å². The average Bonchev–Trinajstić information content (AvgIpc) is 2.56. The molecule has 0 unspecified atom stereocenters. The van der Waals surface area contributed by atoms with Crippen molar-refractivity contribution in [1.29, 1.82) is 0 Å². The number of hydrogen-bond acceptors (Lipinski definition) is 3. The van der Waals surface area contributed by atoms with Crippen molar-refractivity contribution in [2.24, 2.45) is 5.10 Å². The molecule has 0 radical (unpaired) electrons. The smallest absolute Gasteiger partial charge is 0.0609 e. The van der Waals surface area contributed by atoms with Crippen LogP contribution in [0, 0.1) is 0 Å². The summed E-state index contributed by atoms with van der Waals surface area (Å²) in [6.07, 6.45) is 1.79. The van der Waals surface area contributed by atoms with E-state index in [9.17, 15) is 0 Å². The minimum Gasteiger partial charge on any atom is -0.372 e. The lowest BCUT2D eigenvalue weighted by Crippen LogP contribution is -2.21. The van der Waals surface area contributed by atoms with Crippen molar-refractivity contribution in [3.63, 3.8) is 0 Å². The molecule has 5 heteroatoms. The van der Waals surface area contributed by atoms with Gasteiger partial charge in [0.05, 0.1) is 12.8 Å². The van der Waals surface area contributed by atoms with Crippen LogP contribution in [0.5, 0.6) is 0 Å². The van der Waals surface area contributed by atoms with Gasteiger partial charge in [-0.25, -0.2) is 0 Å². The molecule has 1 N–H and O–H groups in total. The van der Waals surface area contributed by atoms with Gasteiger partial charge in [0.2, 0.25) is 0 Å². The van der Waals surface area contributed by atoms with Crippen LogP contribution in [0.15, 0.2) is 47.6 Å². The number of benzene rings is 2. The lowest BCUT2D eigenvalue weighted by Gasteiger charge is -2.20. The van der Waals surface area contributed by atoms with E-state index in [2.05, 4.69) is 53.5 Å². The molecular formula is C18H21Cl2N3. The first-order chi connectivity index (χ1) is 11.2. The molecule has 0 heterocycles. The molecule has 122 valence electrons. The monoisotopic (exact) mass is 349 g/mol. The molecule has 0 aliphatic rings. The summed E-state index contributed by atoms with van der Waals surface area (Å²) in [4.78, 5) is 2.30. The van der Waals surface area contributed by atoms with Crippen molar-refractivity contribution in [2.75, 3.05) is 18.0 Å². The Balaban J connectivity index is 1.93. The van der Waals surface area contributed by atoms with Gasteiger partial charge in [-0.1, -0.05) is 41.4 Å². The summed E-state index contributed by atoms with van der Waals surface area (Å²) >= 11 is 12.2. The highest BCUT2D eigenvalue weighted by Gasteiger charge is 2.04. The normalized spacial score (nSPS) is 11.0. The fraction of sp³-hybridized carbons (Fsp3) is 0.278. The number of nitrogens with one attached hydrogen (secondary N) is 1. The summed E-state index contributed by atoms with van der Waals surface area (Å²) in [6.45, 7) is 6.81. The van der Waals surface area contributed by atoms with Crippen LogP contribution in [0.1, 0.15) is 25.0 Å². The number of rotatable bonds is 7. The zero-order chi connectivity index (χ0) is 16.7. The number of halogens is 2. The van der Waals surface area contributed by atoms with Crippen molar-refractivity contribution < 1.29 is 0 Å². The van der Waals surface area contributed by atoms with Gasteiger partial charge in [0.1, 0.15) is 0 Å². The third-order valence-corrected chi connectivity index (χ3v) is 4.35. The van der Waals surface area contributed by atoms with Gasteiger partial charge in [-0.2, -0.15) is 5.10 Å². The summed E-state index contributed by atoms with van der Waals surface area (Å²) in [5.41, 5.74) is 6.10. The fourth-order valence-electron chi connectivity index (χ4n) is 2.31. The Bertz CT molecular complexity index is 630. The molecule has 0 saturated carbocycles. The van der Waals surface area contributed by atoms with Crippen LogP contribution in [0.3, 0.4) is 0 Å². The van der Waals surface area contributed by atoms with Gasteiger partial charge in [-0.3, -0.25) is 0 Å². The quantitative estimate of drug-likeness (QED) is 0.564. The van der Waals surface area contributed by atoms with Crippen LogP contribution in [-0.4, -0.2) is 19.3 Å². The lowest BCUT2D eigenvalue weighted by molar-refractivity contribution is 0.748. The largest absolute Gasteiger partial charge is 0.372 e. The van der Waals surface area contributed by atoms with Crippen molar-refractivity contribution in [3.05, 3.63) is 63.6 Å². The van der Waals surface area contributed by atoms with E-state index in [-0.39, 0.29) is 0 Å². The van der Waals surface area contributed by atoms with Crippen LogP contribution in [0.2, 0.25) is 10.0 Å². The topological polar surface area (TPSA) is 27.6 Å². The first-order valence-corrected chi connectivity index (χ1v) is 8.45. The summed E-state index contributed by atoms with van der Waals surface area (Å²) < 4.78 is 0. The van der Waals surface area contributed by atoms with Gasteiger partial charge in [-0.15, -0.1) is 0 Å². The van der Waals surface area contributed by atoms with Gasteiger partial charge >= 0.3 is 0 Å². The number of nitrogens with zero attached hydrogens (tertiary/aromatic N) is 2. The predicted octanol–water partition coefficient (Wildman–Crippen LogP) is 4.96. The third kappa shape index (κ3) is 4.88. The molecule has 0 atom stereocenters. The number of anilines is 1. The van der Waals surface area contributed by atoms with Gasteiger partial charge in [-0.05, 0) is 43.7 Å². The molecule has 0 aromatic heterocycles. The Hall–Kier alpha value is -1.71. The van der Waals surface area contributed by atoms with E-state index in [0.717, 1.165) is 24.2 Å². The number of hydrazone groups is 1. The van der Waals surface area contributed by atoms with Crippen molar-refractivity contribution in [2.45, 2.75) is 20.4 Å². The van der Waals surface area contributed by atoms with Gasteiger partial charge in [0.25, 0.3) is 0 Å². The Labute approximate surface area is 147 Å². The van der Waals surface area contributed by atoms with E-state index in [1.165, 1.54) is 5.69 Å². The molecule has 0 aliphatic carbocycles. The van der Waals surface area contributed by atoms with E-state index >= 15 is 0 Å². The Morgan fingerprint density at radius 2 is 1.61 bits per heavy atom. The minimum atomic E-state index is 0.493. The molecule has 0 spiro atoms. The first-order valence-electron chi connectivity index (χ1n) is 7.69. The fourth-order valence-corrected chi connectivity index (χ4v) is 2.84. The van der Waals surface area contributed by atoms with Crippen molar-refractivity contribution in [1.82, 2.24) is 5.43 Å². The highest BCUT2D eigenvalue weighted by Crippen LogP contribution is 2.23. The molecule has 0 fully saturated rings. The molecule has 0 amide bonds. The van der Waals surface area contributed by atoms with Gasteiger partial charge in [0.15, 0.2) is 0 Å². The summed E-state index contributed by atoms with van der Waals surface area (Å²) in [7, 11) is 0. The average molecular weight is 350 g/mol. The van der Waals surface area contributed by atoms with E-state index in [1.54, 1.807) is 6.21 Å². The van der Waals surface area contributed by atoms with Crippen LogP contribution in [0.4, 0.5) is 5.69 Å². The predicted molar refractivity (Wildman–Crippen MR) is 101 cm³/mol. The Kier molecular flexibility index (Phi) is 6.75. The zero-order valence-electron chi connectivity index (χ0n) is 13.4. The van der Waals surface area contributed by atoms with E-state index in [1.807, 2.05) is 18.2 Å². The third-order valence-electron chi connectivity index (χ3n) is 3.64. The van der Waals surface area contributed by atoms with E-state index < -0.39 is 0 Å². The van der Waals surface area contributed by atoms with Crippen LogP contribution >= 0.6 is 23.2 Å². The zero-order valence-corrected chi connectivity index (χ0v) is 14.9. The standard InChI is InChI=1S/C18H21Cl2N3/c1-3-23(4-2)15-10-8-14(9-11-15)12-21-22-13-16-17(19)6-5-7-18(16)20/h5-12,22H,3-4,13H2,1-2H3/b21-12+.